The zero-order chi connectivity index (χ0) is 26.2. The first-order chi connectivity index (χ1) is 18.0. The second-order valence-corrected chi connectivity index (χ2v) is 8.19. The summed E-state index contributed by atoms with van der Waals surface area (Å²) in [4.78, 5) is 4.33. The number of nitrogens with one attached hydrogen (secondary N) is 3. The third-order valence-corrected chi connectivity index (χ3v) is 5.56. The molecule has 0 unspecified atom stereocenters. The van der Waals surface area contributed by atoms with E-state index in [1.165, 1.54) is 6.07 Å². The molecule has 0 fully saturated rings. The van der Waals surface area contributed by atoms with Crippen LogP contribution >= 0.6 is 0 Å². The van der Waals surface area contributed by atoms with Gasteiger partial charge in [0.1, 0.15) is 5.82 Å². The van der Waals surface area contributed by atoms with Gasteiger partial charge < -0.3 is 16.0 Å². The summed E-state index contributed by atoms with van der Waals surface area (Å²) in [6.07, 6.45) is 9.18. The molecule has 0 saturated heterocycles. The number of aromatic nitrogens is 1. The second kappa shape index (κ2) is 11.5. The molecule has 37 heavy (non-hydrogen) atoms. The van der Waals surface area contributed by atoms with E-state index < -0.39 is 5.82 Å². The number of hydrogen-bond donors (Lipinski definition) is 3. The lowest BCUT2D eigenvalue weighted by Crippen LogP contribution is -2.02. The minimum absolute atomic E-state index is 0.364. The van der Waals surface area contributed by atoms with Crippen molar-refractivity contribution in [3.8, 4) is 6.07 Å². The van der Waals surface area contributed by atoms with E-state index in [1.807, 2.05) is 49.4 Å². The molecule has 0 saturated carbocycles. The van der Waals surface area contributed by atoms with Crippen LogP contribution in [0.15, 0.2) is 116 Å². The normalized spacial score (nSPS) is 11.2. The average molecular weight is 488 g/mol. The fourth-order valence-electron chi connectivity index (χ4n) is 3.81. The summed E-state index contributed by atoms with van der Waals surface area (Å²) in [5.74, 6) is -0.414. The molecule has 0 aliphatic heterocycles. The molecule has 0 spiro atoms. The van der Waals surface area contributed by atoms with Gasteiger partial charge in [0.25, 0.3) is 0 Å². The number of rotatable bonds is 9. The van der Waals surface area contributed by atoms with Gasteiger partial charge in [-0.2, -0.15) is 5.26 Å². The molecule has 3 N–H and O–H groups in total. The molecule has 1 aromatic heterocycles. The number of nitriles is 1. The van der Waals surface area contributed by atoms with E-state index in [9.17, 15) is 5.26 Å². The van der Waals surface area contributed by atoms with E-state index >= 15 is 4.39 Å². The number of hydrogen-bond acceptors (Lipinski definition) is 5. The monoisotopic (exact) mass is 487 g/mol. The van der Waals surface area contributed by atoms with Gasteiger partial charge in [-0.3, -0.25) is 4.98 Å². The number of nitrogens with zero attached hydrogens (tertiary/aromatic N) is 2. The van der Waals surface area contributed by atoms with Crippen LogP contribution in [-0.2, 0) is 0 Å². The minimum Gasteiger partial charge on any atom is -0.356 e. The molecule has 5 nitrogen and oxygen atoms in total. The molecule has 4 rings (SSSR count). The van der Waals surface area contributed by atoms with E-state index in [0.29, 0.717) is 22.5 Å². The van der Waals surface area contributed by atoms with Crippen LogP contribution in [0.1, 0.15) is 18.1 Å². The maximum atomic E-state index is 15.1. The van der Waals surface area contributed by atoms with Crippen LogP contribution in [0.3, 0.4) is 0 Å². The Morgan fingerprint density at radius 2 is 1.70 bits per heavy atom. The van der Waals surface area contributed by atoms with Crippen molar-refractivity contribution in [1.82, 2.24) is 4.98 Å². The maximum absolute atomic E-state index is 15.1. The van der Waals surface area contributed by atoms with Crippen molar-refractivity contribution in [3.63, 3.8) is 0 Å². The van der Waals surface area contributed by atoms with Crippen LogP contribution in [0.5, 0.6) is 0 Å². The van der Waals surface area contributed by atoms with Gasteiger partial charge in [0.05, 0.1) is 17.1 Å². The van der Waals surface area contributed by atoms with Gasteiger partial charge in [-0.05, 0) is 85.8 Å². The van der Waals surface area contributed by atoms with Gasteiger partial charge in [-0.1, -0.05) is 25.3 Å². The summed E-state index contributed by atoms with van der Waals surface area (Å²) in [6, 6.07) is 21.7. The summed E-state index contributed by atoms with van der Waals surface area (Å²) in [7, 11) is 0. The Balaban J connectivity index is 1.47. The second-order valence-electron chi connectivity index (χ2n) is 8.19. The molecule has 1 heterocycles. The van der Waals surface area contributed by atoms with Crippen LogP contribution < -0.4 is 16.0 Å². The van der Waals surface area contributed by atoms with E-state index in [1.54, 1.807) is 48.7 Å². The predicted octanol–water partition coefficient (Wildman–Crippen LogP) is 8.13. The van der Waals surface area contributed by atoms with E-state index in [0.717, 1.165) is 33.7 Å². The van der Waals surface area contributed by atoms with Crippen molar-refractivity contribution in [2.24, 2.45) is 0 Å². The topological polar surface area (TPSA) is 72.8 Å². The minimum atomic E-state index is -0.414. The van der Waals surface area contributed by atoms with Gasteiger partial charge in [0, 0.05) is 51.3 Å². The number of benzene rings is 3. The number of anilines is 4. The zero-order valence-electron chi connectivity index (χ0n) is 20.4. The summed E-state index contributed by atoms with van der Waals surface area (Å²) in [6.45, 7) is 9.70. The Morgan fingerprint density at radius 3 is 2.38 bits per heavy atom. The van der Waals surface area contributed by atoms with Crippen molar-refractivity contribution in [2.75, 3.05) is 16.0 Å². The van der Waals surface area contributed by atoms with Crippen molar-refractivity contribution in [2.45, 2.75) is 6.92 Å². The van der Waals surface area contributed by atoms with E-state index in [2.05, 4.69) is 40.2 Å². The van der Waals surface area contributed by atoms with Gasteiger partial charge in [-0.25, -0.2) is 4.39 Å². The van der Waals surface area contributed by atoms with Gasteiger partial charge in [0.2, 0.25) is 0 Å². The van der Waals surface area contributed by atoms with Crippen molar-refractivity contribution >= 4 is 39.3 Å². The Morgan fingerprint density at radius 1 is 0.973 bits per heavy atom. The Hall–Kier alpha value is -5.15. The summed E-state index contributed by atoms with van der Waals surface area (Å²) < 4.78 is 15.1. The molecular formula is C31H26FN5. The standard InChI is InChI=1S/C31H26FN5/c1-4-6-23(7-5-2)36-25-11-9-24(10-12-25)35-21(3)27-14-13-26(19-29(27)32)37-31-16-17-34-30-15-8-22(20-33)18-28(30)31/h4-19,35-36H,1,3H2,2H3,(H,34,37)/b7-5-,23-6+. The quantitative estimate of drug-likeness (QED) is 0.208. The highest BCUT2D eigenvalue weighted by atomic mass is 19.1. The third-order valence-electron chi connectivity index (χ3n) is 5.56. The number of fused-ring (bicyclic) bond motifs is 1. The van der Waals surface area contributed by atoms with Crippen molar-refractivity contribution in [1.29, 1.82) is 5.26 Å². The molecule has 0 aliphatic rings. The Kier molecular flexibility index (Phi) is 7.77. The lowest BCUT2D eigenvalue weighted by Gasteiger charge is -2.14. The molecule has 182 valence electrons. The summed E-state index contributed by atoms with van der Waals surface area (Å²) in [5, 5.41) is 19.7. The molecule has 0 radical (unpaired) electrons. The van der Waals surface area contributed by atoms with Crippen molar-refractivity contribution < 1.29 is 4.39 Å². The summed E-state index contributed by atoms with van der Waals surface area (Å²) in [5.41, 5.74) is 6.01. The Labute approximate surface area is 216 Å². The smallest absolute Gasteiger partial charge is 0.134 e. The van der Waals surface area contributed by atoms with Gasteiger partial charge in [0.15, 0.2) is 0 Å². The fraction of sp³-hybridized carbons (Fsp3) is 0.0323. The van der Waals surface area contributed by atoms with Crippen LogP contribution in [0.2, 0.25) is 0 Å². The van der Waals surface area contributed by atoms with Gasteiger partial charge in [-0.15, -0.1) is 0 Å². The van der Waals surface area contributed by atoms with Crippen LogP contribution in [-0.4, -0.2) is 4.98 Å². The molecule has 0 aliphatic carbocycles. The maximum Gasteiger partial charge on any atom is 0.134 e. The first-order valence-corrected chi connectivity index (χ1v) is 11.6. The fourth-order valence-corrected chi connectivity index (χ4v) is 3.81. The lowest BCUT2D eigenvalue weighted by atomic mass is 10.1. The molecular weight excluding hydrogens is 461 g/mol. The highest BCUT2D eigenvalue weighted by Crippen LogP contribution is 2.29. The molecule has 3 aromatic carbocycles. The first kappa shape index (κ1) is 25.0. The molecule has 0 bridgehead atoms. The van der Waals surface area contributed by atoms with Crippen molar-refractivity contribution in [3.05, 3.63) is 133 Å². The number of allylic oxidation sites excluding steroid dienone is 4. The number of pyridine rings is 1. The lowest BCUT2D eigenvalue weighted by molar-refractivity contribution is 0.624. The van der Waals surface area contributed by atoms with Crippen LogP contribution in [0.4, 0.5) is 27.1 Å². The molecule has 4 aromatic rings. The highest BCUT2D eigenvalue weighted by molar-refractivity contribution is 5.93. The largest absolute Gasteiger partial charge is 0.356 e. The third kappa shape index (κ3) is 6.11. The summed E-state index contributed by atoms with van der Waals surface area (Å²) >= 11 is 0. The molecule has 6 heteroatoms. The Bertz CT molecular complexity index is 1560. The first-order valence-electron chi connectivity index (χ1n) is 11.6. The molecule has 0 amide bonds. The SMILES string of the molecule is C=C/C=C(\C=C/C)Nc1ccc(NC(=C)c2ccc(Nc3ccnc4ccc(C#N)cc34)cc2F)cc1. The number of halogens is 1. The predicted molar refractivity (Wildman–Crippen MR) is 152 cm³/mol. The highest BCUT2D eigenvalue weighted by Gasteiger charge is 2.10. The van der Waals surface area contributed by atoms with Gasteiger partial charge >= 0.3 is 0 Å². The van der Waals surface area contributed by atoms with Crippen LogP contribution in [0.25, 0.3) is 16.6 Å². The molecule has 0 atom stereocenters. The average Bonchev–Trinajstić information content (AvgIpc) is 2.90. The zero-order valence-corrected chi connectivity index (χ0v) is 20.4. The van der Waals surface area contributed by atoms with Crippen LogP contribution in [0, 0.1) is 17.1 Å². The van der Waals surface area contributed by atoms with E-state index in [-0.39, 0.29) is 0 Å². The van der Waals surface area contributed by atoms with E-state index in [4.69, 9.17) is 0 Å².